The lowest BCUT2D eigenvalue weighted by atomic mass is 9.87. The minimum Gasteiger partial charge on any atom is -0.496 e. The van der Waals surface area contributed by atoms with Gasteiger partial charge in [0.05, 0.1) is 12.0 Å². The number of ether oxygens (including phenoxy) is 1. The van der Waals surface area contributed by atoms with Crippen molar-refractivity contribution >= 4 is 9.84 Å². The van der Waals surface area contributed by atoms with Gasteiger partial charge >= 0.3 is 0 Å². The lowest BCUT2D eigenvalue weighted by Gasteiger charge is -2.27. The molecule has 1 aliphatic carbocycles. The van der Waals surface area contributed by atoms with Gasteiger partial charge in [-0.3, -0.25) is 0 Å². The number of methoxy groups -OCH3 is 1. The largest absolute Gasteiger partial charge is 0.496 e. The third-order valence-electron chi connectivity index (χ3n) is 4.61. The van der Waals surface area contributed by atoms with E-state index in [1.54, 1.807) is 19.2 Å². The minimum absolute atomic E-state index is 0.345. The maximum Gasteiger partial charge on any atom is 0.175 e. The predicted molar refractivity (Wildman–Crippen MR) is 95.2 cm³/mol. The van der Waals surface area contributed by atoms with Crippen LogP contribution in [0.3, 0.4) is 0 Å². The monoisotopic (exact) mass is 345 g/mol. The molecule has 24 heavy (non-hydrogen) atoms. The molecule has 0 aliphatic heterocycles. The van der Waals surface area contributed by atoms with Crippen molar-refractivity contribution in [1.82, 2.24) is 5.32 Å². The van der Waals surface area contributed by atoms with Crippen LogP contribution >= 0.6 is 0 Å². The fourth-order valence-corrected chi connectivity index (χ4v) is 4.35. The molecule has 1 N–H and O–H groups in total. The second-order valence-electron chi connectivity index (χ2n) is 6.30. The van der Waals surface area contributed by atoms with Crippen LogP contribution in [0.5, 0.6) is 5.75 Å². The summed E-state index contributed by atoms with van der Waals surface area (Å²) in [5, 5.41) is 3.52. The molecule has 0 unspecified atom stereocenters. The predicted octanol–water partition coefficient (Wildman–Crippen LogP) is 2.75. The molecule has 0 heterocycles. The van der Waals surface area contributed by atoms with Gasteiger partial charge < -0.3 is 10.1 Å². The van der Waals surface area contributed by atoms with Crippen LogP contribution in [0.1, 0.15) is 23.1 Å². The quantitative estimate of drug-likeness (QED) is 0.905. The lowest BCUT2D eigenvalue weighted by molar-refractivity contribution is 0.396. The second kappa shape index (κ2) is 6.95. The Morgan fingerprint density at radius 3 is 2.71 bits per heavy atom. The van der Waals surface area contributed by atoms with Gasteiger partial charge in [0.1, 0.15) is 5.75 Å². The molecule has 3 rings (SSSR count). The van der Waals surface area contributed by atoms with Gasteiger partial charge in [-0.1, -0.05) is 30.3 Å². The van der Waals surface area contributed by atoms with Gasteiger partial charge in [0.2, 0.25) is 0 Å². The Hall–Kier alpha value is -1.85. The molecule has 2 aromatic carbocycles. The number of sulfone groups is 1. The van der Waals surface area contributed by atoms with Crippen molar-refractivity contribution in [1.29, 1.82) is 0 Å². The molecule has 0 saturated heterocycles. The third-order valence-corrected chi connectivity index (χ3v) is 5.81. The van der Waals surface area contributed by atoms with Crippen molar-refractivity contribution < 1.29 is 13.2 Å². The summed E-state index contributed by atoms with van der Waals surface area (Å²) in [7, 11) is -1.49. The Kier molecular flexibility index (Phi) is 4.92. The standard InChI is InChI=1S/C19H23NO3S/c1-23-18-8-5-7-14-12-16(10-11-17(14)18)20-13-15-6-3-4-9-19(15)24(2,21)22/h3-9,16,20H,10-13H2,1-2H3/t16-/m0/s1. The summed E-state index contributed by atoms with van der Waals surface area (Å²) in [6, 6.07) is 13.7. The highest BCUT2D eigenvalue weighted by molar-refractivity contribution is 7.90. The Morgan fingerprint density at radius 2 is 1.96 bits per heavy atom. The second-order valence-corrected chi connectivity index (χ2v) is 8.28. The van der Waals surface area contributed by atoms with Gasteiger partial charge in [-0.15, -0.1) is 0 Å². The molecule has 0 amide bonds. The number of nitrogens with one attached hydrogen (secondary N) is 1. The van der Waals surface area contributed by atoms with Gasteiger partial charge in [0.25, 0.3) is 0 Å². The maximum absolute atomic E-state index is 11.9. The fourth-order valence-electron chi connectivity index (χ4n) is 3.40. The molecule has 2 aromatic rings. The molecule has 0 aromatic heterocycles. The number of hydrogen-bond donors (Lipinski definition) is 1. The highest BCUT2D eigenvalue weighted by Crippen LogP contribution is 2.29. The van der Waals surface area contributed by atoms with E-state index in [2.05, 4.69) is 11.4 Å². The van der Waals surface area contributed by atoms with Crippen LogP contribution in [-0.4, -0.2) is 27.8 Å². The minimum atomic E-state index is -3.20. The van der Waals surface area contributed by atoms with Crippen molar-refractivity contribution in [3.05, 3.63) is 59.2 Å². The van der Waals surface area contributed by atoms with Crippen LogP contribution in [0.2, 0.25) is 0 Å². The van der Waals surface area contributed by atoms with Gasteiger partial charge in [0.15, 0.2) is 9.84 Å². The summed E-state index contributed by atoms with van der Waals surface area (Å²) in [5.74, 6) is 0.966. The van der Waals surface area contributed by atoms with Gasteiger partial charge in [-0.25, -0.2) is 8.42 Å². The molecule has 0 radical (unpaired) electrons. The van der Waals surface area contributed by atoms with Gasteiger partial charge in [-0.05, 0) is 48.1 Å². The summed E-state index contributed by atoms with van der Waals surface area (Å²) in [5.41, 5.74) is 3.44. The van der Waals surface area contributed by atoms with Crippen LogP contribution in [0.15, 0.2) is 47.4 Å². The molecule has 1 atom stereocenters. The molecule has 5 heteroatoms. The summed E-state index contributed by atoms with van der Waals surface area (Å²) in [4.78, 5) is 0.412. The summed E-state index contributed by atoms with van der Waals surface area (Å²) in [6.07, 6.45) is 4.20. The third kappa shape index (κ3) is 3.62. The maximum atomic E-state index is 11.9. The first kappa shape index (κ1) is 17.0. The Bertz CT molecular complexity index is 830. The first-order valence-electron chi connectivity index (χ1n) is 8.15. The topological polar surface area (TPSA) is 55.4 Å². The van der Waals surface area contributed by atoms with E-state index in [9.17, 15) is 8.42 Å². The molecule has 1 aliphatic rings. The summed E-state index contributed by atoms with van der Waals surface area (Å²) < 4.78 is 29.2. The van der Waals surface area contributed by atoms with E-state index in [1.165, 1.54) is 17.4 Å². The van der Waals surface area contributed by atoms with Gasteiger partial charge in [0, 0.05) is 18.8 Å². The Morgan fingerprint density at radius 1 is 1.17 bits per heavy atom. The first-order valence-corrected chi connectivity index (χ1v) is 10.0. The molecule has 128 valence electrons. The van der Waals surface area contributed by atoms with Crippen molar-refractivity contribution in [2.45, 2.75) is 36.7 Å². The smallest absolute Gasteiger partial charge is 0.175 e. The average molecular weight is 345 g/mol. The van der Waals surface area contributed by atoms with Crippen LogP contribution in [0.4, 0.5) is 0 Å². The van der Waals surface area contributed by atoms with Crippen LogP contribution in [0.25, 0.3) is 0 Å². The molecule has 0 bridgehead atoms. The molecular formula is C19H23NO3S. The summed E-state index contributed by atoms with van der Waals surface area (Å²) >= 11 is 0. The molecule has 0 spiro atoms. The van der Waals surface area contributed by atoms with E-state index in [-0.39, 0.29) is 0 Å². The van der Waals surface area contributed by atoms with E-state index in [4.69, 9.17) is 4.74 Å². The van der Waals surface area contributed by atoms with Crippen LogP contribution < -0.4 is 10.1 Å². The van der Waals surface area contributed by atoms with E-state index < -0.39 is 9.84 Å². The highest BCUT2D eigenvalue weighted by Gasteiger charge is 2.21. The van der Waals surface area contributed by atoms with Crippen molar-refractivity contribution in [3.63, 3.8) is 0 Å². The molecular weight excluding hydrogens is 322 g/mol. The van der Waals surface area contributed by atoms with Crippen molar-refractivity contribution in [2.75, 3.05) is 13.4 Å². The number of hydrogen-bond acceptors (Lipinski definition) is 4. The zero-order valence-corrected chi connectivity index (χ0v) is 14.9. The molecule has 0 saturated carbocycles. The van der Waals surface area contributed by atoms with E-state index in [1.807, 2.05) is 24.3 Å². The van der Waals surface area contributed by atoms with E-state index in [0.29, 0.717) is 17.5 Å². The van der Waals surface area contributed by atoms with E-state index >= 15 is 0 Å². The van der Waals surface area contributed by atoms with E-state index in [0.717, 1.165) is 30.6 Å². The van der Waals surface area contributed by atoms with Crippen LogP contribution in [0, 0.1) is 0 Å². The zero-order chi connectivity index (χ0) is 17.2. The molecule has 4 nitrogen and oxygen atoms in total. The van der Waals surface area contributed by atoms with Crippen LogP contribution in [-0.2, 0) is 29.2 Å². The first-order chi connectivity index (χ1) is 11.5. The molecule has 0 fully saturated rings. The average Bonchev–Trinajstić information content (AvgIpc) is 2.58. The number of fused-ring (bicyclic) bond motifs is 1. The summed E-state index contributed by atoms with van der Waals surface area (Å²) in [6.45, 7) is 0.563. The normalized spacial score (nSPS) is 17.3. The lowest BCUT2D eigenvalue weighted by Crippen LogP contribution is -2.34. The van der Waals surface area contributed by atoms with Crippen molar-refractivity contribution in [2.24, 2.45) is 0 Å². The number of benzene rings is 2. The highest BCUT2D eigenvalue weighted by atomic mass is 32.2. The Labute approximate surface area is 143 Å². The Balaban J connectivity index is 1.71. The fraction of sp³-hybridized carbons (Fsp3) is 0.368. The van der Waals surface area contributed by atoms with Gasteiger partial charge in [-0.2, -0.15) is 0 Å². The SMILES string of the molecule is COc1cccc2c1CC[C@H](NCc1ccccc1S(C)(=O)=O)C2. The van der Waals surface area contributed by atoms with Crippen molar-refractivity contribution in [3.8, 4) is 5.75 Å². The zero-order valence-electron chi connectivity index (χ0n) is 14.1. The number of rotatable bonds is 5.